The first-order chi connectivity index (χ1) is 9.66. The smallest absolute Gasteiger partial charge is 0.105 e. The molecule has 2 aromatic carbocycles. The molecule has 0 fully saturated rings. The molecule has 1 N–H and O–H groups in total. The monoisotopic (exact) mass is 327 g/mol. The number of hydrogen-bond acceptors (Lipinski definition) is 2. The van der Waals surface area contributed by atoms with Crippen LogP contribution in [0.2, 0.25) is 0 Å². The van der Waals surface area contributed by atoms with Crippen LogP contribution in [0.15, 0.2) is 59.2 Å². The number of benzene rings is 2. The first kappa shape index (κ1) is 13.3. The Kier molecular flexibility index (Phi) is 3.55. The van der Waals surface area contributed by atoms with E-state index >= 15 is 0 Å². The van der Waals surface area contributed by atoms with Crippen molar-refractivity contribution in [1.29, 1.82) is 0 Å². The van der Waals surface area contributed by atoms with E-state index in [-0.39, 0.29) is 0 Å². The molecule has 0 spiro atoms. The number of pyridine rings is 1. The fourth-order valence-corrected chi connectivity index (χ4v) is 2.95. The van der Waals surface area contributed by atoms with Crippen LogP contribution in [0.25, 0.3) is 10.9 Å². The molecule has 3 heteroatoms. The van der Waals surface area contributed by atoms with Crippen molar-refractivity contribution >= 4 is 26.8 Å². The van der Waals surface area contributed by atoms with Crippen LogP contribution < -0.4 is 0 Å². The quantitative estimate of drug-likeness (QED) is 0.757. The topological polar surface area (TPSA) is 33.1 Å². The van der Waals surface area contributed by atoms with Gasteiger partial charge in [-0.3, -0.25) is 4.98 Å². The SMILES string of the molecule is Cc1cc(Br)ccc1C(O)c1cccc2ncccc12. The number of fused-ring (bicyclic) bond motifs is 1. The van der Waals surface area contributed by atoms with E-state index in [9.17, 15) is 5.11 Å². The van der Waals surface area contributed by atoms with Crippen LogP contribution in [0.3, 0.4) is 0 Å². The van der Waals surface area contributed by atoms with Gasteiger partial charge in [0.2, 0.25) is 0 Å². The van der Waals surface area contributed by atoms with Gasteiger partial charge < -0.3 is 5.11 Å². The third-order valence-electron chi connectivity index (χ3n) is 3.50. The van der Waals surface area contributed by atoms with Gasteiger partial charge in [0.1, 0.15) is 6.10 Å². The van der Waals surface area contributed by atoms with Gasteiger partial charge in [0, 0.05) is 16.1 Å². The first-order valence-corrected chi connectivity index (χ1v) is 7.24. The minimum atomic E-state index is -0.643. The Morgan fingerprint density at radius 3 is 2.70 bits per heavy atom. The average molecular weight is 328 g/mol. The molecule has 3 rings (SSSR count). The van der Waals surface area contributed by atoms with Crippen molar-refractivity contribution < 1.29 is 5.11 Å². The van der Waals surface area contributed by atoms with Crippen molar-refractivity contribution in [2.75, 3.05) is 0 Å². The van der Waals surface area contributed by atoms with Crippen molar-refractivity contribution in [2.24, 2.45) is 0 Å². The number of halogens is 1. The van der Waals surface area contributed by atoms with Gasteiger partial charge in [-0.05, 0) is 47.9 Å². The number of nitrogens with zero attached hydrogens (tertiary/aromatic N) is 1. The van der Waals surface area contributed by atoms with Crippen LogP contribution in [0.5, 0.6) is 0 Å². The molecular weight excluding hydrogens is 314 g/mol. The Balaban J connectivity index is 2.15. The highest BCUT2D eigenvalue weighted by Crippen LogP contribution is 2.30. The van der Waals surface area contributed by atoms with Gasteiger partial charge in [-0.2, -0.15) is 0 Å². The van der Waals surface area contributed by atoms with E-state index in [2.05, 4.69) is 20.9 Å². The second kappa shape index (κ2) is 5.35. The minimum Gasteiger partial charge on any atom is -0.384 e. The third kappa shape index (κ3) is 2.35. The molecule has 100 valence electrons. The molecule has 0 bridgehead atoms. The van der Waals surface area contributed by atoms with E-state index in [1.54, 1.807) is 6.20 Å². The second-order valence-corrected chi connectivity index (χ2v) is 5.74. The maximum atomic E-state index is 10.7. The van der Waals surface area contributed by atoms with Crippen LogP contribution in [-0.2, 0) is 0 Å². The van der Waals surface area contributed by atoms with E-state index in [0.29, 0.717) is 0 Å². The Morgan fingerprint density at radius 1 is 1.05 bits per heavy atom. The molecule has 0 radical (unpaired) electrons. The molecule has 0 amide bonds. The van der Waals surface area contributed by atoms with Crippen molar-refractivity contribution in [3.8, 4) is 0 Å². The maximum absolute atomic E-state index is 10.7. The van der Waals surface area contributed by atoms with Crippen LogP contribution in [-0.4, -0.2) is 10.1 Å². The van der Waals surface area contributed by atoms with E-state index in [1.165, 1.54) is 0 Å². The fraction of sp³-hybridized carbons (Fsp3) is 0.118. The zero-order chi connectivity index (χ0) is 14.1. The first-order valence-electron chi connectivity index (χ1n) is 6.44. The molecule has 1 atom stereocenters. The van der Waals surface area contributed by atoms with E-state index in [1.807, 2.05) is 55.5 Å². The summed E-state index contributed by atoms with van der Waals surface area (Å²) >= 11 is 3.45. The van der Waals surface area contributed by atoms with E-state index in [4.69, 9.17) is 0 Å². The highest BCUT2D eigenvalue weighted by Gasteiger charge is 2.15. The molecule has 3 aromatic rings. The maximum Gasteiger partial charge on any atom is 0.105 e. The third-order valence-corrected chi connectivity index (χ3v) is 3.99. The highest BCUT2D eigenvalue weighted by atomic mass is 79.9. The molecule has 0 aliphatic rings. The van der Waals surface area contributed by atoms with E-state index < -0.39 is 6.10 Å². The van der Waals surface area contributed by atoms with Crippen LogP contribution in [0.4, 0.5) is 0 Å². The van der Waals surface area contributed by atoms with Gasteiger partial charge in [0.15, 0.2) is 0 Å². The van der Waals surface area contributed by atoms with Crippen LogP contribution in [0, 0.1) is 6.92 Å². The summed E-state index contributed by atoms with van der Waals surface area (Å²) in [6.45, 7) is 2.01. The predicted octanol–water partition coefficient (Wildman–Crippen LogP) is 4.39. The number of rotatable bonds is 2. The Hall–Kier alpha value is -1.71. The summed E-state index contributed by atoms with van der Waals surface area (Å²) in [5, 5.41) is 11.7. The van der Waals surface area contributed by atoms with Gasteiger partial charge in [0.05, 0.1) is 5.52 Å². The van der Waals surface area contributed by atoms with Crippen LogP contribution >= 0.6 is 15.9 Å². The van der Waals surface area contributed by atoms with Crippen molar-refractivity contribution in [1.82, 2.24) is 4.98 Å². The standard InChI is InChI=1S/C17H14BrNO/c1-11-10-12(18)7-8-13(11)17(20)15-4-2-6-16-14(15)5-3-9-19-16/h2-10,17,20H,1H3. The lowest BCUT2D eigenvalue weighted by atomic mass is 9.95. The number of aliphatic hydroxyl groups excluding tert-OH is 1. The fourth-order valence-electron chi connectivity index (χ4n) is 2.48. The lowest BCUT2D eigenvalue weighted by molar-refractivity contribution is 0.221. The van der Waals surface area contributed by atoms with Gasteiger partial charge in [0.25, 0.3) is 0 Å². The molecule has 20 heavy (non-hydrogen) atoms. The van der Waals surface area contributed by atoms with Crippen molar-refractivity contribution in [2.45, 2.75) is 13.0 Å². The second-order valence-electron chi connectivity index (χ2n) is 4.82. The Bertz CT molecular complexity index is 765. The molecule has 2 nitrogen and oxygen atoms in total. The van der Waals surface area contributed by atoms with Gasteiger partial charge in [-0.1, -0.05) is 40.2 Å². The largest absolute Gasteiger partial charge is 0.384 e. The average Bonchev–Trinajstić information content (AvgIpc) is 2.46. The lowest BCUT2D eigenvalue weighted by Crippen LogP contribution is -2.03. The number of aromatic nitrogens is 1. The Morgan fingerprint density at radius 2 is 1.90 bits per heavy atom. The molecule has 0 aliphatic heterocycles. The van der Waals surface area contributed by atoms with Crippen molar-refractivity contribution in [3.05, 3.63) is 75.9 Å². The minimum absolute atomic E-state index is 0.643. The van der Waals surface area contributed by atoms with Gasteiger partial charge in [-0.25, -0.2) is 0 Å². The number of hydrogen-bond donors (Lipinski definition) is 1. The molecule has 1 unspecified atom stereocenters. The zero-order valence-electron chi connectivity index (χ0n) is 11.0. The molecule has 1 aromatic heterocycles. The normalized spacial score (nSPS) is 12.6. The van der Waals surface area contributed by atoms with Crippen molar-refractivity contribution in [3.63, 3.8) is 0 Å². The summed E-state index contributed by atoms with van der Waals surface area (Å²) in [7, 11) is 0. The van der Waals surface area contributed by atoms with Gasteiger partial charge >= 0.3 is 0 Å². The lowest BCUT2D eigenvalue weighted by Gasteiger charge is -2.16. The van der Waals surface area contributed by atoms with Gasteiger partial charge in [-0.15, -0.1) is 0 Å². The highest BCUT2D eigenvalue weighted by molar-refractivity contribution is 9.10. The van der Waals surface area contributed by atoms with E-state index in [0.717, 1.165) is 32.1 Å². The zero-order valence-corrected chi connectivity index (χ0v) is 12.6. The summed E-state index contributed by atoms with van der Waals surface area (Å²) < 4.78 is 1.02. The summed E-state index contributed by atoms with van der Waals surface area (Å²) in [4.78, 5) is 4.34. The summed E-state index contributed by atoms with van der Waals surface area (Å²) in [6, 6.07) is 15.7. The summed E-state index contributed by atoms with van der Waals surface area (Å²) in [5.41, 5.74) is 3.78. The number of aliphatic hydroxyl groups is 1. The molecule has 1 heterocycles. The molecular formula is C17H14BrNO. The predicted molar refractivity (Wildman–Crippen MR) is 84.7 cm³/mol. The summed E-state index contributed by atoms with van der Waals surface area (Å²) in [5.74, 6) is 0. The Labute approximate surface area is 126 Å². The number of aryl methyl sites for hydroxylation is 1. The van der Waals surface area contributed by atoms with Crippen LogP contribution in [0.1, 0.15) is 22.8 Å². The summed E-state index contributed by atoms with van der Waals surface area (Å²) in [6.07, 6.45) is 1.12. The molecule has 0 saturated heterocycles. The molecule has 0 aliphatic carbocycles. The molecule has 0 saturated carbocycles.